The Morgan fingerprint density at radius 2 is 2.21 bits per heavy atom. The summed E-state index contributed by atoms with van der Waals surface area (Å²) in [6.07, 6.45) is 0. The number of hydrogen-bond acceptors (Lipinski definition) is 4. The van der Waals surface area contributed by atoms with Gasteiger partial charge in [0.05, 0.1) is 0 Å². The van der Waals surface area contributed by atoms with Crippen molar-refractivity contribution < 1.29 is 18.4 Å². The molecule has 14 heavy (non-hydrogen) atoms. The van der Waals surface area contributed by atoms with E-state index in [1.807, 2.05) is 0 Å². The second-order valence-corrected chi connectivity index (χ2v) is 4.13. The van der Waals surface area contributed by atoms with E-state index >= 15 is 0 Å². The lowest BCUT2D eigenvalue weighted by molar-refractivity contribution is 0.0683. The Balaban J connectivity index is 2.40. The van der Waals surface area contributed by atoms with Crippen LogP contribution < -0.4 is 4.52 Å². The molecule has 1 aromatic rings. The molecule has 4 nitrogen and oxygen atoms in total. The molecule has 1 aromatic carbocycles. The monoisotopic (exact) mass is 232 g/mol. The van der Waals surface area contributed by atoms with E-state index in [-0.39, 0.29) is 0 Å². The molecule has 0 amide bonds. The molecule has 0 bridgehead atoms. The van der Waals surface area contributed by atoms with Crippen molar-refractivity contribution in [2.75, 3.05) is 7.11 Å². The van der Waals surface area contributed by atoms with Crippen molar-refractivity contribution in [3.05, 3.63) is 28.8 Å². The predicted octanol–water partition coefficient (Wildman–Crippen LogP) is 2.76. The van der Waals surface area contributed by atoms with E-state index in [2.05, 4.69) is 0 Å². The average Bonchev–Trinajstić information content (AvgIpc) is 2.19. The molecule has 0 saturated heterocycles. The van der Waals surface area contributed by atoms with Crippen molar-refractivity contribution in [2.45, 2.75) is 0 Å². The number of halogens is 1. The number of benzene rings is 1. The van der Waals surface area contributed by atoms with Gasteiger partial charge in [0, 0.05) is 12.1 Å². The van der Waals surface area contributed by atoms with Crippen molar-refractivity contribution in [1.82, 2.24) is 0 Å². The standard InChI is InChI=1S/C8H6ClO4P/c1-11-14-12-7-3-2-5(9)4-6(7)8(10)13-14/h2-4H,1H3. The van der Waals surface area contributed by atoms with Crippen LogP contribution in [0, 0.1) is 0 Å². The van der Waals surface area contributed by atoms with Gasteiger partial charge in [-0.1, -0.05) is 11.6 Å². The molecule has 74 valence electrons. The van der Waals surface area contributed by atoms with E-state index in [4.69, 9.17) is 25.2 Å². The molecular weight excluding hydrogens is 227 g/mol. The zero-order valence-electron chi connectivity index (χ0n) is 7.19. The summed E-state index contributed by atoms with van der Waals surface area (Å²) < 4.78 is 14.9. The van der Waals surface area contributed by atoms with Crippen LogP contribution in [-0.2, 0) is 9.05 Å². The summed E-state index contributed by atoms with van der Waals surface area (Å²) in [7, 11) is -0.181. The van der Waals surface area contributed by atoms with Gasteiger partial charge >= 0.3 is 14.6 Å². The molecule has 0 fully saturated rings. The zero-order chi connectivity index (χ0) is 10.1. The minimum Gasteiger partial charge on any atom is -0.417 e. The van der Waals surface area contributed by atoms with Gasteiger partial charge in [-0.2, -0.15) is 0 Å². The fourth-order valence-electron chi connectivity index (χ4n) is 1.03. The third-order valence-electron chi connectivity index (χ3n) is 1.64. The van der Waals surface area contributed by atoms with Crippen molar-refractivity contribution >= 4 is 26.2 Å². The molecule has 0 spiro atoms. The first kappa shape index (κ1) is 9.71. The molecule has 1 aliphatic rings. The lowest BCUT2D eigenvalue weighted by atomic mass is 10.2. The Morgan fingerprint density at radius 1 is 1.43 bits per heavy atom. The molecule has 0 N–H and O–H groups in total. The van der Waals surface area contributed by atoms with Gasteiger partial charge < -0.3 is 9.05 Å². The maximum absolute atomic E-state index is 11.4. The first-order chi connectivity index (χ1) is 6.70. The Bertz CT molecular complexity index is 382. The van der Waals surface area contributed by atoms with Crippen LogP contribution in [0.5, 0.6) is 5.75 Å². The quantitative estimate of drug-likeness (QED) is 0.699. The molecule has 6 heteroatoms. The van der Waals surface area contributed by atoms with Gasteiger partial charge in [-0.25, -0.2) is 4.79 Å². The molecule has 0 saturated carbocycles. The Kier molecular flexibility index (Phi) is 2.59. The van der Waals surface area contributed by atoms with Crippen LogP contribution in [0.1, 0.15) is 10.4 Å². The molecule has 1 unspecified atom stereocenters. The SMILES string of the molecule is COP1OC(=O)c2cc(Cl)ccc2O1. The number of hydrogen-bond donors (Lipinski definition) is 0. The van der Waals surface area contributed by atoms with E-state index in [1.165, 1.54) is 13.2 Å². The highest BCUT2D eigenvalue weighted by Crippen LogP contribution is 2.46. The minimum absolute atomic E-state index is 0.327. The molecule has 1 atom stereocenters. The van der Waals surface area contributed by atoms with Crippen molar-refractivity contribution in [2.24, 2.45) is 0 Å². The lowest BCUT2D eigenvalue weighted by Gasteiger charge is -2.21. The maximum atomic E-state index is 11.4. The fourth-order valence-corrected chi connectivity index (χ4v) is 1.94. The van der Waals surface area contributed by atoms with E-state index in [1.54, 1.807) is 12.1 Å². The summed E-state index contributed by atoms with van der Waals surface area (Å²) in [5, 5.41) is 0.466. The van der Waals surface area contributed by atoms with Gasteiger partial charge in [-0.3, -0.25) is 4.52 Å². The normalized spacial score (nSPS) is 19.6. The first-order valence-corrected chi connectivity index (χ1v) is 5.22. The summed E-state index contributed by atoms with van der Waals surface area (Å²) >= 11 is 5.72. The van der Waals surface area contributed by atoms with Crippen molar-refractivity contribution in [3.63, 3.8) is 0 Å². The lowest BCUT2D eigenvalue weighted by Crippen LogP contribution is -2.12. The molecule has 0 radical (unpaired) electrons. The number of fused-ring (bicyclic) bond motifs is 1. The third-order valence-corrected chi connectivity index (χ3v) is 2.83. The van der Waals surface area contributed by atoms with Gasteiger partial charge in [-0.15, -0.1) is 0 Å². The Morgan fingerprint density at radius 3 is 2.93 bits per heavy atom. The summed E-state index contributed by atoms with van der Waals surface area (Å²) in [5.74, 6) is -0.0275. The molecule has 0 aliphatic carbocycles. The van der Waals surface area contributed by atoms with E-state index < -0.39 is 14.6 Å². The van der Waals surface area contributed by atoms with E-state index in [9.17, 15) is 4.79 Å². The zero-order valence-corrected chi connectivity index (χ0v) is 8.84. The smallest absolute Gasteiger partial charge is 0.417 e. The highest BCUT2D eigenvalue weighted by molar-refractivity contribution is 7.43. The van der Waals surface area contributed by atoms with Gasteiger partial charge in [0.25, 0.3) is 0 Å². The second kappa shape index (κ2) is 3.73. The summed E-state index contributed by atoms with van der Waals surface area (Å²) in [5.41, 5.74) is 0.327. The van der Waals surface area contributed by atoms with Crippen LogP contribution in [0.4, 0.5) is 0 Å². The average molecular weight is 233 g/mol. The largest absolute Gasteiger partial charge is 0.465 e. The Labute approximate surface area is 86.7 Å². The molecule has 1 aliphatic heterocycles. The first-order valence-electron chi connectivity index (χ1n) is 3.75. The number of carbonyl (C=O) groups is 1. The van der Waals surface area contributed by atoms with Gasteiger partial charge in [0.2, 0.25) is 0 Å². The van der Waals surface area contributed by atoms with Gasteiger partial charge in [0.15, 0.2) is 0 Å². The van der Waals surface area contributed by atoms with E-state index in [0.29, 0.717) is 16.3 Å². The Hall–Kier alpha value is -0.830. The topological polar surface area (TPSA) is 44.8 Å². The minimum atomic E-state index is -1.60. The fraction of sp³-hybridized carbons (Fsp3) is 0.125. The van der Waals surface area contributed by atoms with Crippen LogP contribution in [-0.4, -0.2) is 13.1 Å². The van der Waals surface area contributed by atoms with Gasteiger partial charge in [0.1, 0.15) is 11.3 Å². The summed E-state index contributed by atoms with van der Waals surface area (Å²) in [6, 6.07) is 4.76. The molecular formula is C8H6ClO4P. The summed E-state index contributed by atoms with van der Waals surface area (Å²) in [6.45, 7) is 0. The van der Waals surface area contributed by atoms with Crippen molar-refractivity contribution in [1.29, 1.82) is 0 Å². The van der Waals surface area contributed by atoms with Crippen LogP contribution in [0.15, 0.2) is 18.2 Å². The highest BCUT2D eigenvalue weighted by atomic mass is 35.5. The number of carbonyl (C=O) groups excluding carboxylic acids is 1. The van der Waals surface area contributed by atoms with Crippen molar-refractivity contribution in [3.8, 4) is 5.75 Å². The van der Waals surface area contributed by atoms with E-state index in [0.717, 1.165) is 0 Å². The second-order valence-electron chi connectivity index (χ2n) is 2.52. The highest BCUT2D eigenvalue weighted by Gasteiger charge is 2.29. The third kappa shape index (κ3) is 1.69. The van der Waals surface area contributed by atoms with Gasteiger partial charge in [-0.05, 0) is 18.2 Å². The molecule has 1 heterocycles. The van der Waals surface area contributed by atoms with Crippen LogP contribution in [0.3, 0.4) is 0 Å². The maximum Gasteiger partial charge on any atom is 0.465 e. The van der Waals surface area contributed by atoms with Crippen LogP contribution in [0.2, 0.25) is 5.02 Å². The molecule has 0 aromatic heterocycles. The predicted molar refractivity (Wildman–Crippen MR) is 51.4 cm³/mol. The number of rotatable bonds is 1. The van der Waals surface area contributed by atoms with Crippen LogP contribution in [0.25, 0.3) is 0 Å². The van der Waals surface area contributed by atoms with Crippen LogP contribution >= 0.6 is 20.2 Å². The molecule has 2 rings (SSSR count). The summed E-state index contributed by atoms with van der Waals surface area (Å²) in [4.78, 5) is 11.4.